The average Bonchev–Trinajstić information content (AvgIpc) is 2.86. The number of aromatic nitrogens is 2. The summed E-state index contributed by atoms with van der Waals surface area (Å²) in [6.45, 7) is 1.20. The van der Waals surface area contributed by atoms with Crippen molar-refractivity contribution in [1.29, 1.82) is 0 Å². The lowest BCUT2D eigenvalue weighted by Crippen LogP contribution is -2.15. The van der Waals surface area contributed by atoms with Gasteiger partial charge in [-0.15, -0.1) is 0 Å². The van der Waals surface area contributed by atoms with Gasteiger partial charge in [-0.1, -0.05) is 30.3 Å². The average molecular weight is 266 g/mol. The largest absolute Gasteiger partial charge is 0.486 e. The highest BCUT2D eigenvalue weighted by Gasteiger charge is 2.14. The van der Waals surface area contributed by atoms with E-state index in [9.17, 15) is 0 Å². The van der Waals surface area contributed by atoms with Gasteiger partial charge in [-0.2, -0.15) is 0 Å². The first-order chi connectivity index (χ1) is 9.88. The third-order valence-corrected chi connectivity index (χ3v) is 3.41. The number of H-pyrrole nitrogens is 1. The van der Waals surface area contributed by atoms with E-state index in [0.717, 1.165) is 34.8 Å². The van der Waals surface area contributed by atoms with E-state index in [1.165, 1.54) is 5.56 Å². The predicted octanol–water partition coefficient (Wildman–Crippen LogP) is 2.92. The summed E-state index contributed by atoms with van der Waals surface area (Å²) in [5.41, 5.74) is 3.14. The van der Waals surface area contributed by atoms with Crippen molar-refractivity contribution < 1.29 is 9.47 Å². The molecule has 0 unspecified atom stereocenters. The van der Waals surface area contributed by atoms with Gasteiger partial charge in [0.2, 0.25) is 0 Å². The van der Waals surface area contributed by atoms with Crippen LogP contribution in [0.1, 0.15) is 11.4 Å². The lowest BCUT2D eigenvalue weighted by Gasteiger charge is -2.17. The van der Waals surface area contributed by atoms with Gasteiger partial charge in [-0.05, 0) is 5.56 Å². The first-order valence-corrected chi connectivity index (χ1v) is 6.71. The Morgan fingerprint density at radius 3 is 2.55 bits per heavy atom. The highest BCUT2D eigenvalue weighted by atomic mass is 16.6. The smallest absolute Gasteiger partial charge is 0.163 e. The molecular formula is C16H14N2O2. The quantitative estimate of drug-likeness (QED) is 0.775. The maximum atomic E-state index is 5.59. The Hall–Kier alpha value is -2.49. The molecule has 0 aliphatic carbocycles. The molecule has 0 atom stereocenters. The standard InChI is InChI=1S/C16H14N2O2/c1-2-4-11(5-3-1)8-16-17-12-9-14-15(10-13(12)18-16)20-7-6-19-14/h1-5,9-10H,6-8H2,(H,17,18). The molecule has 1 aromatic heterocycles. The number of hydrogen-bond donors (Lipinski definition) is 1. The minimum atomic E-state index is 0.597. The van der Waals surface area contributed by atoms with E-state index in [1.54, 1.807) is 0 Å². The summed E-state index contributed by atoms with van der Waals surface area (Å²) in [6, 6.07) is 14.2. The molecule has 1 aliphatic heterocycles. The summed E-state index contributed by atoms with van der Waals surface area (Å²) in [7, 11) is 0. The summed E-state index contributed by atoms with van der Waals surface area (Å²) in [5, 5.41) is 0. The van der Waals surface area contributed by atoms with Gasteiger partial charge in [0.15, 0.2) is 11.5 Å². The van der Waals surface area contributed by atoms with E-state index in [0.29, 0.717) is 13.2 Å². The van der Waals surface area contributed by atoms with Crippen molar-refractivity contribution in [1.82, 2.24) is 9.97 Å². The second-order valence-electron chi connectivity index (χ2n) is 4.86. The van der Waals surface area contributed by atoms with E-state index in [1.807, 2.05) is 30.3 Å². The van der Waals surface area contributed by atoms with Crippen molar-refractivity contribution in [2.24, 2.45) is 0 Å². The minimum Gasteiger partial charge on any atom is -0.486 e. The molecule has 4 rings (SSSR count). The van der Waals surface area contributed by atoms with Crippen LogP contribution in [0.5, 0.6) is 11.5 Å². The van der Waals surface area contributed by atoms with E-state index in [-0.39, 0.29) is 0 Å². The van der Waals surface area contributed by atoms with E-state index in [2.05, 4.69) is 22.1 Å². The maximum Gasteiger partial charge on any atom is 0.163 e. The fraction of sp³-hybridized carbons (Fsp3) is 0.188. The molecule has 2 heterocycles. The molecule has 4 nitrogen and oxygen atoms in total. The maximum absolute atomic E-state index is 5.59. The van der Waals surface area contributed by atoms with Crippen molar-refractivity contribution in [3.05, 3.63) is 53.9 Å². The number of hydrogen-bond acceptors (Lipinski definition) is 3. The Morgan fingerprint density at radius 2 is 1.75 bits per heavy atom. The molecule has 2 aromatic carbocycles. The number of aromatic amines is 1. The van der Waals surface area contributed by atoms with Crippen molar-refractivity contribution in [3.8, 4) is 11.5 Å². The summed E-state index contributed by atoms with van der Waals surface area (Å²) in [4.78, 5) is 7.97. The summed E-state index contributed by atoms with van der Waals surface area (Å²) in [6.07, 6.45) is 0.794. The molecule has 0 radical (unpaired) electrons. The number of rotatable bonds is 2. The van der Waals surface area contributed by atoms with Gasteiger partial charge < -0.3 is 14.5 Å². The second-order valence-corrected chi connectivity index (χ2v) is 4.86. The number of nitrogens with zero attached hydrogens (tertiary/aromatic N) is 1. The molecular weight excluding hydrogens is 252 g/mol. The zero-order valence-corrected chi connectivity index (χ0v) is 10.9. The Labute approximate surface area is 116 Å². The third-order valence-electron chi connectivity index (χ3n) is 3.41. The highest BCUT2D eigenvalue weighted by Crippen LogP contribution is 2.33. The SMILES string of the molecule is c1ccc(Cc2nc3cc4c(cc3[nH]2)OCCO4)cc1. The zero-order chi connectivity index (χ0) is 13.4. The van der Waals surface area contributed by atoms with E-state index in [4.69, 9.17) is 9.47 Å². The topological polar surface area (TPSA) is 47.1 Å². The first-order valence-electron chi connectivity index (χ1n) is 6.71. The van der Waals surface area contributed by atoms with Crippen LogP contribution in [0.25, 0.3) is 11.0 Å². The van der Waals surface area contributed by atoms with Crippen molar-refractivity contribution in [2.75, 3.05) is 13.2 Å². The molecule has 1 N–H and O–H groups in total. The molecule has 3 aromatic rings. The Bertz CT molecular complexity index is 707. The van der Waals surface area contributed by atoms with Crippen LogP contribution in [-0.4, -0.2) is 23.2 Å². The fourth-order valence-electron chi connectivity index (χ4n) is 2.47. The van der Waals surface area contributed by atoms with Crippen LogP contribution < -0.4 is 9.47 Å². The van der Waals surface area contributed by atoms with Gasteiger partial charge in [0.05, 0.1) is 11.0 Å². The molecule has 0 bridgehead atoms. The number of benzene rings is 2. The number of fused-ring (bicyclic) bond motifs is 2. The molecule has 4 heteroatoms. The summed E-state index contributed by atoms with van der Waals surface area (Å²) < 4.78 is 11.2. The van der Waals surface area contributed by atoms with Crippen LogP contribution in [-0.2, 0) is 6.42 Å². The van der Waals surface area contributed by atoms with Crippen LogP contribution in [0.15, 0.2) is 42.5 Å². The Balaban J connectivity index is 1.71. The first kappa shape index (κ1) is 11.3. The molecule has 100 valence electrons. The number of nitrogens with one attached hydrogen (secondary N) is 1. The van der Waals surface area contributed by atoms with Crippen molar-refractivity contribution >= 4 is 11.0 Å². The van der Waals surface area contributed by atoms with Gasteiger partial charge in [0.1, 0.15) is 19.0 Å². The minimum absolute atomic E-state index is 0.597. The third kappa shape index (κ3) is 1.99. The lowest BCUT2D eigenvalue weighted by molar-refractivity contribution is 0.172. The summed E-state index contributed by atoms with van der Waals surface area (Å²) in [5.74, 6) is 2.52. The monoisotopic (exact) mass is 266 g/mol. The van der Waals surface area contributed by atoms with Crippen LogP contribution in [0.3, 0.4) is 0 Å². The van der Waals surface area contributed by atoms with Crippen LogP contribution >= 0.6 is 0 Å². The van der Waals surface area contributed by atoms with Crippen LogP contribution in [0.4, 0.5) is 0 Å². The van der Waals surface area contributed by atoms with Gasteiger partial charge in [-0.25, -0.2) is 4.98 Å². The predicted molar refractivity (Wildman–Crippen MR) is 76.3 cm³/mol. The fourth-order valence-corrected chi connectivity index (χ4v) is 2.47. The van der Waals surface area contributed by atoms with E-state index < -0.39 is 0 Å². The Kier molecular flexibility index (Phi) is 2.59. The van der Waals surface area contributed by atoms with Crippen LogP contribution in [0, 0.1) is 0 Å². The molecule has 1 aliphatic rings. The van der Waals surface area contributed by atoms with Crippen molar-refractivity contribution in [2.45, 2.75) is 6.42 Å². The Morgan fingerprint density at radius 1 is 1.00 bits per heavy atom. The van der Waals surface area contributed by atoms with Gasteiger partial charge >= 0.3 is 0 Å². The molecule has 0 fully saturated rings. The van der Waals surface area contributed by atoms with Gasteiger partial charge in [0.25, 0.3) is 0 Å². The normalized spacial score (nSPS) is 13.6. The molecule has 0 saturated heterocycles. The number of imidazole rings is 1. The van der Waals surface area contributed by atoms with Gasteiger partial charge in [0, 0.05) is 18.6 Å². The van der Waals surface area contributed by atoms with Crippen molar-refractivity contribution in [3.63, 3.8) is 0 Å². The molecule has 0 spiro atoms. The zero-order valence-electron chi connectivity index (χ0n) is 10.9. The van der Waals surface area contributed by atoms with Gasteiger partial charge in [-0.3, -0.25) is 0 Å². The highest BCUT2D eigenvalue weighted by molar-refractivity contribution is 5.80. The summed E-state index contributed by atoms with van der Waals surface area (Å²) >= 11 is 0. The second kappa shape index (κ2) is 4.56. The number of ether oxygens (including phenoxy) is 2. The molecule has 0 amide bonds. The van der Waals surface area contributed by atoms with Crippen LogP contribution in [0.2, 0.25) is 0 Å². The molecule has 20 heavy (non-hydrogen) atoms. The lowest BCUT2D eigenvalue weighted by atomic mass is 10.1. The van der Waals surface area contributed by atoms with E-state index >= 15 is 0 Å². The molecule has 0 saturated carbocycles.